The number of methoxy groups -OCH3 is 4. The van der Waals surface area contributed by atoms with E-state index in [-0.39, 0.29) is 119 Å². The fourth-order valence-electron chi connectivity index (χ4n) is 14.5. The Morgan fingerprint density at radius 1 is 0.432 bits per heavy atom. The number of nitro groups is 2. The van der Waals surface area contributed by atoms with Crippen molar-refractivity contribution in [2.24, 2.45) is 0 Å². The van der Waals surface area contributed by atoms with Gasteiger partial charge in [0.1, 0.15) is 68.2 Å². The molecule has 3 heterocycles. The van der Waals surface area contributed by atoms with E-state index in [4.69, 9.17) is 53.3 Å². The second-order valence-electron chi connectivity index (χ2n) is 37.9. The predicted molar refractivity (Wildman–Crippen MR) is 546 cm³/mol. The van der Waals surface area contributed by atoms with Crippen molar-refractivity contribution in [1.29, 1.82) is 0 Å². The average Bonchev–Trinajstić information content (AvgIpc) is 1.51. The molecule has 0 spiro atoms. The second kappa shape index (κ2) is 52.1. The van der Waals surface area contributed by atoms with E-state index < -0.39 is 85.2 Å². The van der Waals surface area contributed by atoms with Crippen LogP contribution in [0.5, 0.6) is 28.7 Å². The van der Waals surface area contributed by atoms with Crippen LogP contribution in [0.1, 0.15) is 207 Å². The molecule has 0 amide bonds. The number of hydrogen-bond acceptors (Lipinski definition) is 27. The van der Waals surface area contributed by atoms with Crippen LogP contribution in [0.2, 0.25) is 0 Å². The predicted octanol–water partition coefficient (Wildman–Crippen LogP) is 16.8. The van der Waals surface area contributed by atoms with E-state index in [2.05, 4.69) is 50.8 Å². The number of rotatable bonds is 28. The van der Waals surface area contributed by atoms with Crippen LogP contribution in [0.4, 0.5) is 30.2 Å². The van der Waals surface area contributed by atoms with Gasteiger partial charge in [-0.1, -0.05) is 94.8 Å². The van der Waals surface area contributed by atoms with Crippen LogP contribution >= 0.6 is 31.9 Å². The third kappa shape index (κ3) is 33.2. The molecule has 37 heteroatoms. The maximum atomic E-state index is 13.3. The van der Waals surface area contributed by atoms with Crippen molar-refractivity contribution in [3.05, 3.63) is 316 Å². The first-order valence-electron chi connectivity index (χ1n) is 46.8. The summed E-state index contributed by atoms with van der Waals surface area (Å²) >= 11 is 6.73. The van der Waals surface area contributed by atoms with Gasteiger partial charge in [-0.05, 0) is 302 Å². The topological polar surface area (TPSA) is 395 Å². The number of nitrogen functional groups attached to an aromatic ring is 1. The molecule has 5 N–H and O–H groups in total. The van der Waals surface area contributed by atoms with E-state index in [0.717, 1.165) is 179 Å². The molecule has 19 rings (SSSR count). The number of ether oxygens (including phenoxy) is 11. The molecular weight excluding hydrogens is 2100 g/mol. The fraction of sp³-hybridized carbons (Fsp3) is 0.385. The molecule has 9 aliphatic rings. The van der Waals surface area contributed by atoms with Crippen LogP contribution in [0.3, 0.4) is 0 Å². The van der Waals surface area contributed by atoms with Crippen molar-refractivity contribution in [1.82, 2.24) is 0 Å². The number of nitrogens with zero attached hydrogens (tertiary/aromatic N) is 2. The summed E-state index contributed by atoms with van der Waals surface area (Å²) in [5.74, 6) is -0.189. The van der Waals surface area contributed by atoms with Crippen molar-refractivity contribution in [3.63, 3.8) is 0 Å². The Hall–Kier alpha value is -11.2. The molecule has 146 heavy (non-hydrogen) atoms. The van der Waals surface area contributed by atoms with E-state index in [9.17, 15) is 72.4 Å². The van der Waals surface area contributed by atoms with Crippen LogP contribution in [-0.2, 0) is 82.2 Å². The van der Waals surface area contributed by atoms with Crippen LogP contribution in [-0.4, -0.2) is 193 Å². The largest absolute Gasteiger partial charge is 2.00 e. The third-order valence-corrected chi connectivity index (χ3v) is 26.0. The van der Waals surface area contributed by atoms with Crippen LogP contribution in [0.25, 0.3) is 11.1 Å². The molecule has 3 aliphatic heterocycles. The molecule has 29 nitrogen and oxygen atoms in total. The van der Waals surface area contributed by atoms with Gasteiger partial charge in [-0.2, -0.15) is 0 Å². The number of anilines is 1. The molecule has 3 saturated heterocycles. The number of aliphatic hydroxyl groups excluding tert-OH is 1. The maximum Gasteiger partial charge on any atom is 2.00 e. The van der Waals surface area contributed by atoms with Gasteiger partial charge in [-0.15, -0.1) is 0 Å². The van der Waals surface area contributed by atoms with Gasteiger partial charge in [0.05, 0.1) is 135 Å². The Bertz CT molecular complexity index is 6090. The van der Waals surface area contributed by atoms with Crippen molar-refractivity contribution in [2.45, 2.75) is 215 Å². The smallest absolute Gasteiger partial charge is 1.00 e. The number of halogens is 6. The number of nitro benzene ring substituents is 2. The maximum absolute atomic E-state index is 13.3. The number of hydrogen-bond donors (Lipinski definition) is 4. The molecule has 0 bridgehead atoms. The molecule has 10 aromatic rings. The van der Waals surface area contributed by atoms with E-state index in [1.54, 1.807) is 82.3 Å². The summed E-state index contributed by atoms with van der Waals surface area (Å²) < 4.78 is 110. The molecule has 774 valence electrons. The Morgan fingerprint density at radius 2 is 0.747 bits per heavy atom. The molecular formula is C109H120BBr3F3MgN3O26. The Morgan fingerprint density at radius 3 is 1.11 bits per heavy atom. The van der Waals surface area contributed by atoms with E-state index in [1.807, 2.05) is 119 Å². The van der Waals surface area contributed by atoms with Gasteiger partial charge < -0.3 is 107 Å². The normalized spacial score (nSPS) is 16.3. The minimum absolute atomic E-state index is 0. The summed E-state index contributed by atoms with van der Waals surface area (Å²) in [6.45, 7) is 16.6. The molecule has 6 saturated carbocycles. The number of nitrogens with two attached hydrogens (primary N) is 1. The van der Waals surface area contributed by atoms with Gasteiger partial charge in [0.25, 0.3) is 11.4 Å². The molecule has 0 atom stereocenters. The summed E-state index contributed by atoms with van der Waals surface area (Å²) in [4.78, 5) is 91.2. The van der Waals surface area contributed by atoms with E-state index >= 15 is 0 Å². The van der Waals surface area contributed by atoms with Crippen LogP contribution in [0.15, 0.2) is 215 Å². The van der Waals surface area contributed by atoms with Gasteiger partial charge in [0.2, 0.25) is 0 Å². The second-order valence-corrected chi connectivity index (χ2v) is 39.6. The van der Waals surface area contributed by atoms with Gasteiger partial charge in [-0.25, -0.2) is 32.3 Å². The van der Waals surface area contributed by atoms with Crippen molar-refractivity contribution < 1.29 is 146 Å². The quantitative estimate of drug-likeness (QED) is 0.00673. The number of carbonyl (C=O) groups is 6. The molecule has 10 aromatic carbocycles. The Balaban J connectivity index is 0.000000193. The first kappa shape index (κ1) is 118. The standard InChI is InChI=1S/C29H29FO4.C23H26BFO4.C12H15BrO2.C11H11BrO3.C11H11NO5.C11H13NO3.C8H6FNO4.C3H6O.CH3.BrH.Mg/c1-28(2,32)26-16-24(34-23-11-12-23)13-14-25(26)20-5-7-21(8-6-20)29(17-33-18-29)27(31)15-19-3-9-22(30)10-4-19;1-21(2)22(3,4)29-24(28-21)18-9-7-17(8-10-18)23(14-27-15-23)20(26)13-16-5-11-19(25)12-6-16;1-12(2,14)10-7-9(5-6-11(10)13)15-8-3-4-8;1-14-11(13)9-6-8(4-5-10(9)12)15-7-2-3-7;1-16-11(13)9-6-8(17-7-2-3-7)4-5-10(9)12(14)15;1-14-11(13)9-6-8(4-5-10(9)12)15-7-2-3-7;1-14-8(11)6-4-5(9)2-3-7(6)10(12)13;4-3-1-2-3;;;/h3-10,13-14,16,23,32H,11-12,15,17-18H2,1-2H3;5-12H,13-15H2,1-4H3;5-8,14H,3-4H2,1-2H3;4-7H,2-3H2,1H3;4-7H,2-3H2,1H3;4-7H,2-3,12H2,1H3;2-4H,1H3;3-4H,1-2H2;1H3;1H;/q;;;;;;;;-1;;+2/p-1. The van der Waals surface area contributed by atoms with Crippen LogP contribution in [0, 0.1) is 45.1 Å². The molecule has 0 unspecified atom stereocenters. The average molecular weight is 2220 g/mol. The summed E-state index contributed by atoms with van der Waals surface area (Å²) in [6, 6.07) is 56.6. The molecule has 6 aliphatic carbocycles. The zero-order valence-corrected chi connectivity index (χ0v) is 89.7. The number of aliphatic hydroxyl groups is 3. The number of esters is 4. The van der Waals surface area contributed by atoms with Crippen molar-refractivity contribution >= 4 is 120 Å². The minimum Gasteiger partial charge on any atom is -1.00 e. The number of benzene rings is 10. The summed E-state index contributed by atoms with van der Waals surface area (Å²) in [7, 11) is 4.51. The summed E-state index contributed by atoms with van der Waals surface area (Å²) in [5, 5.41) is 50.1. The Labute approximate surface area is 890 Å². The van der Waals surface area contributed by atoms with Crippen LogP contribution < -0.4 is 51.9 Å². The first-order chi connectivity index (χ1) is 67.8. The molecule has 0 radical (unpaired) electrons. The van der Waals surface area contributed by atoms with Crippen molar-refractivity contribution in [3.8, 4) is 39.9 Å². The van der Waals surface area contributed by atoms with E-state index in [0.29, 0.717) is 73.1 Å². The molecule has 9 fully saturated rings. The summed E-state index contributed by atoms with van der Waals surface area (Å²) in [6.07, 6.45) is 14.9. The Kier molecular flexibility index (Phi) is 42.2. The number of ketones is 2. The minimum atomic E-state index is -1.04. The number of carbonyl (C=O) groups excluding carboxylic acids is 6. The first-order valence-corrected chi connectivity index (χ1v) is 48.3. The fourth-order valence-corrected chi connectivity index (χ4v) is 15.6. The van der Waals surface area contributed by atoms with Crippen molar-refractivity contribution in [2.75, 3.05) is 60.6 Å². The zero-order valence-electron chi connectivity index (χ0n) is 83.6. The monoisotopic (exact) mass is 2220 g/mol. The third-order valence-electron chi connectivity index (χ3n) is 24.6. The van der Waals surface area contributed by atoms with Gasteiger partial charge in [-0.3, -0.25) is 29.8 Å². The summed E-state index contributed by atoms with van der Waals surface area (Å²) in [5.41, 5.74) is 9.57. The van der Waals surface area contributed by atoms with Gasteiger partial charge >= 0.3 is 54.0 Å². The zero-order chi connectivity index (χ0) is 104. The van der Waals surface area contributed by atoms with E-state index in [1.165, 1.54) is 63.8 Å². The molecule has 0 aromatic heterocycles. The van der Waals surface area contributed by atoms with Gasteiger partial charge in [0, 0.05) is 51.2 Å². The van der Waals surface area contributed by atoms with Gasteiger partial charge in [0.15, 0.2) is 11.6 Å². The number of Topliss-reactive ketones (excluding diaryl/α,β-unsaturated/α-hetero) is 2. The SMILES string of the molecule is CC(C)(O)c1cc(OC2CC2)ccc1-c1ccc(C2(C(=O)Cc3ccc(F)cc3)COC2)cc1.CC(C)(O)c1cc(OC2CC2)ccc1Br.CC1(C)OB(c2ccc(C3(C(=O)Cc4ccc(F)cc4)COC3)cc2)OC1(C)C.COC(=O)c1cc(F)ccc1[N+](=O)[O-].COC(=O)c1cc(OC2CC2)ccc1Br.COC(=O)c1cc(OC2CC2)ccc1N.COC(=O)c1cc(OC2CC2)ccc1[N+](=O)[O-].OC1CC1.[Br-].[CH3-].[Mg+2].